The van der Waals surface area contributed by atoms with Crippen LogP contribution in [0.2, 0.25) is 5.02 Å². The summed E-state index contributed by atoms with van der Waals surface area (Å²) in [6.45, 7) is 0. The van der Waals surface area contributed by atoms with Gasteiger partial charge in [0.2, 0.25) is 0 Å². The lowest BCUT2D eigenvalue weighted by Crippen LogP contribution is -2.19. The lowest BCUT2D eigenvalue weighted by atomic mass is 10.2. The zero-order valence-electron chi connectivity index (χ0n) is 10.5. The van der Waals surface area contributed by atoms with E-state index < -0.39 is 0 Å². The Morgan fingerprint density at radius 3 is 2.75 bits per heavy atom. The Morgan fingerprint density at radius 1 is 1.05 bits per heavy atom. The normalized spacial score (nSPS) is 10.4. The van der Waals surface area contributed by atoms with E-state index in [2.05, 4.69) is 15.6 Å². The topological polar surface area (TPSA) is 56.9 Å². The van der Waals surface area contributed by atoms with Gasteiger partial charge in [-0.3, -0.25) is 0 Å². The van der Waals surface area contributed by atoms with Crippen LogP contribution in [0.5, 0.6) is 0 Å². The van der Waals surface area contributed by atoms with E-state index >= 15 is 0 Å². The van der Waals surface area contributed by atoms with Crippen molar-refractivity contribution in [2.75, 3.05) is 10.6 Å². The van der Waals surface area contributed by atoms with Crippen molar-refractivity contribution >= 4 is 39.9 Å². The van der Waals surface area contributed by atoms with Crippen LogP contribution in [-0.4, -0.2) is 11.0 Å². The fraction of sp³-hybridized carbons (Fsp3) is 0. The lowest BCUT2D eigenvalue weighted by molar-refractivity contribution is 0.262. The highest BCUT2D eigenvalue weighted by atomic mass is 35.5. The Kier molecular flexibility index (Phi) is 3.31. The number of anilines is 2. The SMILES string of the molecule is O=C(Nc1cccc(Cl)c1)Nc1c[nH]c2ccccc12. The molecule has 0 spiro atoms. The van der Waals surface area contributed by atoms with Gasteiger partial charge in [-0.1, -0.05) is 35.9 Å². The van der Waals surface area contributed by atoms with E-state index in [1.165, 1.54) is 0 Å². The molecule has 0 radical (unpaired) electrons. The minimum atomic E-state index is -0.308. The van der Waals surface area contributed by atoms with E-state index in [1.807, 2.05) is 24.3 Å². The molecule has 1 aromatic heterocycles. The largest absolute Gasteiger partial charge is 0.359 e. The first-order valence-electron chi connectivity index (χ1n) is 6.12. The molecule has 1 heterocycles. The molecule has 0 aliphatic carbocycles. The number of para-hydroxylation sites is 1. The number of rotatable bonds is 2. The molecule has 20 heavy (non-hydrogen) atoms. The molecule has 3 N–H and O–H groups in total. The van der Waals surface area contributed by atoms with Crippen LogP contribution in [0.25, 0.3) is 10.9 Å². The number of aromatic amines is 1. The molecule has 5 heteroatoms. The second-order valence-electron chi connectivity index (χ2n) is 4.34. The summed E-state index contributed by atoms with van der Waals surface area (Å²) in [5, 5.41) is 7.09. The Hall–Kier alpha value is -2.46. The number of fused-ring (bicyclic) bond motifs is 1. The van der Waals surface area contributed by atoms with Gasteiger partial charge in [-0.25, -0.2) is 4.79 Å². The summed E-state index contributed by atoms with van der Waals surface area (Å²) in [5.74, 6) is 0. The summed E-state index contributed by atoms with van der Waals surface area (Å²) in [7, 11) is 0. The van der Waals surface area contributed by atoms with Crippen LogP contribution in [0.15, 0.2) is 54.7 Å². The molecule has 3 rings (SSSR count). The molecule has 0 saturated carbocycles. The van der Waals surface area contributed by atoms with Crippen molar-refractivity contribution < 1.29 is 4.79 Å². The number of carbonyl (C=O) groups is 1. The molecular formula is C15H12ClN3O. The number of aromatic nitrogens is 1. The minimum Gasteiger partial charge on any atom is -0.359 e. The molecule has 0 fully saturated rings. The maximum atomic E-state index is 12.0. The van der Waals surface area contributed by atoms with E-state index in [4.69, 9.17) is 11.6 Å². The predicted octanol–water partition coefficient (Wildman–Crippen LogP) is 4.47. The van der Waals surface area contributed by atoms with Gasteiger partial charge in [0.25, 0.3) is 0 Å². The van der Waals surface area contributed by atoms with E-state index in [0.717, 1.165) is 16.6 Å². The number of hydrogen-bond acceptors (Lipinski definition) is 1. The molecule has 4 nitrogen and oxygen atoms in total. The summed E-state index contributed by atoms with van der Waals surface area (Å²) in [5.41, 5.74) is 2.36. The lowest BCUT2D eigenvalue weighted by Gasteiger charge is -2.07. The van der Waals surface area contributed by atoms with Crippen LogP contribution < -0.4 is 10.6 Å². The van der Waals surface area contributed by atoms with E-state index in [9.17, 15) is 4.79 Å². The zero-order valence-corrected chi connectivity index (χ0v) is 11.2. The van der Waals surface area contributed by atoms with Gasteiger partial charge in [-0.2, -0.15) is 0 Å². The molecule has 0 bridgehead atoms. The number of carbonyl (C=O) groups excluding carboxylic acids is 1. The maximum absolute atomic E-state index is 12.0. The highest BCUT2D eigenvalue weighted by Crippen LogP contribution is 2.22. The first-order valence-corrected chi connectivity index (χ1v) is 6.50. The van der Waals surface area contributed by atoms with Crippen molar-refractivity contribution in [3.05, 3.63) is 59.8 Å². The third kappa shape index (κ3) is 2.60. The van der Waals surface area contributed by atoms with Crippen molar-refractivity contribution in [1.82, 2.24) is 4.98 Å². The van der Waals surface area contributed by atoms with E-state index in [-0.39, 0.29) is 6.03 Å². The second kappa shape index (κ2) is 5.27. The standard InChI is InChI=1S/C15H12ClN3O/c16-10-4-3-5-11(8-10)18-15(20)19-14-9-17-13-7-2-1-6-12(13)14/h1-9,17H,(H2,18,19,20). The Morgan fingerprint density at radius 2 is 1.90 bits per heavy atom. The number of urea groups is 1. The van der Waals surface area contributed by atoms with Gasteiger partial charge in [0.1, 0.15) is 0 Å². The van der Waals surface area contributed by atoms with Gasteiger partial charge in [0.05, 0.1) is 5.69 Å². The van der Waals surface area contributed by atoms with Crippen LogP contribution in [0.1, 0.15) is 0 Å². The maximum Gasteiger partial charge on any atom is 0.323 e. The van der Waals surface area contributed by atoms with Crippen molar-refractivity contribution in [3.63, 3.8) is 0 Å². The molecule has 0 saturated heterocycles. The Bertz CT molecular complexity index is 766. The molecule has 0 aliphatic rings. The Balaban J connectivity index is 1.76. The zero-order chi connectivity index (χ0) is 13.9. The van der Waals surface area contributed by atoms with Crippen molar-refractivity contribution in [2.24, 2.45) is 0 Å². The molecular weight excluding hydrogens is 274 g/mol. The minimum absolute atomic E-state index is 0.308. The van der Waals surface area contributed by atoms with Gasteiger partial charge < -0.3 is 15.6 Å². The number of hydrogen-bond donors (Lipinski definition) is 3. The molecule has 3 aromatic rings. The Labute approximate surface area is 120 Å². The third-order valence-electron chi connectivity index (χ3n) is 2.92. The van der Waals surface area contributed by atoms with Crippen LogP contribution in [0, 0.1) is 0 Å². The van der Waals surface area contributed by atoms with E-state index in [0.29, 0.717) is 10.7 Å². The van der Waals surface area contributed by atoms with Gasteiger partial charge in [0, 0.05) is 27.8 Å². The number of halogens is 1. The first-order chi connectivity index (χ1) is 9.72. The first kappa shape index (κ1) is 12.6. The summed E-state index contributed by atoms with van der Waals surface area (Å²) in [6, 6.07) is 14.5. The van der Waals surface area contributed by atoms with E-state index in [1.54, 1.807) is 30.5 Å². The van der Waals surface area contributed by atoms with Crippen LogP contribution in [-0.2, 0) is 0 Å². The fourth-order valence-electron chi connectivity index (χ4n) is 2.03. The molecule has 2 amide bonds. The van der Waals surface area contributed by atoms with Gasteiger partial charge in [0.15, 0.2) is 0 Å². The second-order valence-corrected chi connectivity index (χ2v) is 4.77. The molecule has 0 atom stereocenters. The summed E-state index contributed by atoms with van der Waals surface area (Å²) in [6.07, 6.45) is 1.77. The van der Waals surface area contributed by atoms with Crippen LogP contribution >= 0.6 is 11.6 Å². The molecule has 0 unspecified atom stereocenters. The molecule has 2 aromatic carbocycles. The number of amides is 2. The van der Waals surface area contributed by atoms with Gasteiger partial charge in [-0.05, 0) is 24.3 Å². The number of nitrogens with one attached hydrogen (secondary N) is 3. The molecule has 100 valence electrons. The number of H-pyrrole nitrogens is 1. The summed E-state index contributed by atoms with van der Waals surface area (Å²) >= 11 is 5.87. The van der Waals surface area contributed by atoms with Gasteiger partial charge in [-0.15, -0.1) is 0 Å². The summed E-state index contributed by atoms with van der Waals surface area (Å²) in [4.78, 5) is 15.1. The summed E-state index contributed by atoms with van der Waals surface area (Å²) < 4.78 is 0. The van der Waals surface area contributed by atoms with Crippen molar-refractivity contribution in [1.29, 1.82) is 0 Å². The highest BCUT2D eigenvalue weighted by Gasteiger charge is 2.07. The monoisotopic (exact) mass is 285 g/mol. The van der Waals surface area contributed by atoms with Crippen molar-refractivity contribution in [3.8, 4) is 0 Å². The fourth-order valence-corrected chi connectivity index (χ4v) is 2.22. The molecule has 0 aliphatic heterocycles. The average Bonchev–Trinajstić information content (AvgIpc) is 2.82. The average molecular weight is 286 g/mol. The highest BCUT2D eigenvalue weighted by molar-refractivity contribution is 6.30. The van der Waals surface area contributed by atoms with Gasteiger partial charge >= 0.3 is 6.03 Å². The predicted molar refractivity (Wildman–Crippen MR) is 82.4 cm³/mol. The number of benzene rings is 2. The van der Waals surface area contributed by atoms with Crippen molar-refractivity contribution in [2.45, 2.75) is 0 Å². The smallest absolute Gasteiger partial charge is 0.323 e. The quantitative estimate of drug-likeness (QED) is 0.639. The van der Waals surface area contributed by atoms with Crippen LogP contribution in [0.3, 0.4) is 0 Å². The third-order valence-corrected chi connectivity index (χ3v) is 3.16. The van der Waals surface area contributed by atoms with Crippen LogP contribution in [0.4, 0.5) is 16.2 Å².